The van der Waals surface area contributed by atoms with Crippen LogP contribution in [0.5, 0.6) is 0 Å². The average Bonchev–Trinajstić information content (AvgIpc) is 2.84. The van der Waals surface area contributed by atoms with Crippen molar-refractivity contribution < 1.29 is 18.4 Å². The molecule has 1 saturated heterocycles. The summed E-state index contributed by atoms with van der Waals surface area (Å²) in [6.45, 7) is 3.98. The number of likely N-dealkylation sites (N-methyl/N-ethyl adjacent to an activating group) is 1. The summed E-state index contributed by atoms with van der Waals surface area (Å²) in [6, 6.07) is 3.56. The van der Waals surface area contributed by atoms with E-state index in [9.17, 15) is 18.4 Å². The standard InChI is InChI=1S/C20H29F2N3O2/c1-15(16-8-9-17(21)18(22)13-16)24(2)14-19(26)23-10-6-12-25-11-5-3-4-7-20(25)27/h8-9,13,15H,3-7,10-12,14H2,1-2H3,(H,23,26). The van der Waals surface area contributed by atoms with Crippen molar-refractivity contribution in [2.45, 2.75) is 45.1 Å². The highest BCUT2D eigenvalue weighted by molar-refractivity contribution is 5.78. The number of carbonyl (C=O) groups is 2. The number of nitrogens with one attached hydrogen (secondary N) is 1. The molecular weight excluding hydrogens is 352 g/mol. The fourth-order valence-corrected chi connectivity index (χ4v) is 3.22. The van der Waals surface area contributed by atoms with Crippen LogP contribution in [0, 0.1) is 11.6 Å². The summed E-state index contributed by atoms with van der Waals surface area (Å²) in [5.74, 6) is -1.69. The van der Waals surface area contributed by atoms with Crippen molar-refractivity contribution in [3.05, 3.63) is 35.4 Å². The van der Waals surface area contributed by atoms with Gasteiger partial charge in [0, 0.05) is 32.1 Å². The molecule has 0 saturated carbocycles. The van der Waals surface area contributed by atoms with E-state index in [1.807, 2.05) is 11.8 Å². The monoisotopic (exact) mass is 381 g/mol. The van der Waals surface area contributed by atoms with E-state index >= 15 is 0 Å². The Kier molecular flexibility index (Phi) is 8.16. The van der Waals surface area contributed by atoms with E-state index in [1.54, 1.807) is 11.9 Å². The van der Waals surface area contributed by atoms with Crippen LogP contribution in [0.3, 0.4) is 0 Å². The van der Waals surface area contributed by atoms with Gasteiger partial charge in [-0.25, -0.2) is 8.78 Å². The largest absolute Gasteiger partial charge is 0.355 e. The van der Waals surface area contributed by atoms with E-state index in [1.165, 1.54) is 6.07 Å². The van der Waals surface area contributed by atoms with Gasteiger partial charge in [0.25, 0.3) is 0 Å². The summed E-state index contributed by atoms with van der Waals surface area (Å²) in [5.41, 5.74) is 0.615. The van der Waals surface area contributed by atoms with E-state index in [2.05, 4.69) is 5.32 Å². The first kappa shape index (κ1) is 21.3. The third kappa shape index (κ3) is 6.57. The van der Waals surface area contributed by atoms with Gasteiger partial charge in [0.1, 0.15) is 0 Å². The van der Waals surface area contributed by atoms with Gasteiger partial charge in [0.15, 0.2) is 11.6 Å². The number of benzene rings is 1. The zero-order chi connectivity index (χ0) is 19.8. The molecule has 0 aromatic heterocycles. The number of hydrogen-bond acceptors (Lipinski definition) is 3. The van der Waals surface area contributed by atoms with Gasteiger partial charge in [-0.1, -0.05) is 12.5 Å². The van der Waals surface area contributed by atoms with Crippen molar-refractivity contribution in [3.8, 4) is 0 Å². The number of likely N-dealkylation sites (tertiary alicyclic amines) is 1. The maximum Gasteiger partial charge on any atom is 0.234 e. The number of halogens is 2. The van der Waals surface area contributed by atoms with Crippen LogP contribution in [-0.2, 0) is 9.59 Å². The van der Waals surface area contributed by atoms with Gasteiger partial charge < -0.3 is 10.2 Å². The Balaban J connectivity index is 1.71. The SMILES string of the molecule is CC(c1ccc(F)c(F)c1)N(C)CC(=O)NCCCN1CCCCCC1=O. The summed E-state index contributed by atoms with van der Waals surface area (Å²) < 4.78 is 26.4. The van der Waals surface area contributed by atoms with Crippen molar-refractivity contribution in [2.75, 3.05) is 33.2 Å². The van der Waals surface area contributed by atoms with Gasteiger partial charge in [-0.2, -0.15) is 0 Å². The van der Waals surface area contributed by atoms with E-state index in [0.717, 1.165) is 44.4 Å². The normalized spacial score (nSPS) is 16.3. The molecule has 5 nitrogen and oxygen atoms in total. The Morgan fingerprint density at radius 2 is 2.04 bits per heavy atom. The van der Waals surface area contributed by atoms with Crippen LogP contribution in [0.15, 0.2) is 18.2 Å². The summed E-state index contributed by atoms with van der Waals surface area (Å²) in [5, 5.41) is 2.86. The second kappa shape index (κ2) is 10.3. The van der Waals surface area contributed by atoms with Crippen molar-refractivity contribution in [2.24, 2.45) is 0 Å². The Bertz CT molecular complexity index is 654. The quantitative estimate of drug-likeness (QED) is 0.705. The highest BCUT2D eigenvalue weighted by Crippen LogP contribution is 2.20. The number of amides is 2. The highest BCUT2D eigenvalue weighted by Gasteiger charge is 2.18. The summed E-state index contributed by atoms with van der Waals surface area (Å²) >= 11 is 0. The molecule has 1 aromatic carbocycles. The minimum absolute atomic E-state index is 0.130. The molecule has 1 N–H and O–H groups in total. The molecule has 0 spiro atoms. The van der Waals surface area contributed by atoms with Crippen LogP contribution >= 0.6 is 0 Å². The zero-order valence-corrected chi connectivity index (χ0v) is 16.1. The third-order valence-electron chi connectivity index (χ3n) is 5.08. The molecule has 0 bridgehead atoms. The van der Waals surface area contributed by atoms with Gasteiger partial charge in [-0.3, -0.25) is 14.5 Å². The van der Waals surface area contributed by atoms with Gasteiger partial charge in [-0.15, -0.1) is 0 Å². The Morgan fingerprint density at radius 3 is 2.78 bits per heavy atom. The molecule has 0 aliphatic carbocycles. The average molecular weight is 381 g/mol. The second-order valence-corrected chi connectivity index (χ2v) is 7.16. The van der Waals surface area contributed by atoms with Crippen molar-refractivity contribution >= 4 is 11.8 Å². The topological polar surface area (TPSA) is 52.7 Å². The van der Waals surface area contributed by atoms with Gasteiger partial charge in [-0.05, 0) is 50.9 Å². The summed E-state index contributed by atoms with van der Waals surface area (Å²) in [7, 11) is 1.77. The molecule has 2 amide bonds. The third-order valence-corrected chi connectivity index (χ3v) is 5.08. The molecular formula is C20H29F2N3O2. The lowest BCUT2D eigenvalue weighted by atomic mass is 10.1. The minimum Gasteiger partial charge on any atom is -0.355 e. The highest BCUT2D eigenvalue weighted by atomic mass is 19.2. The van der Waals surface area contributed by atoms with Crippen molar-refractivity contribution in [1.82, 2.24) is 15.1 Å². The Labute approximate surface area is 159 Å². The second-order valence-electron chi connectivity index (χ2n) is 7.16. The van der Waals surface area contributed by atoms with E-state index in [4.69, 9.17) is 0 Å². The first-order valence-electron chi connectivity index (χ1n) is 9.58. The van der Waals surface area contributed by atoms with Gasteiger partial charge >= 0.3 is 0 Å². The van der Waals surface area contributed by atoms with E-state index in [0.29, 0.717) is 25.1 Å². The van der Waals surface area contributed by atoms with E-state index < -0.39 is 11.6 Å². The molecule has 1 aromatic rings. The van der Waals surface area contributed by atoms with Crippen LogP contribution in [0.2, 0.25) is 0 Å². The van der Waals surface area contributed by atoms with Crippen LogP contribution in [-0.4, -0.2) is 54.8 Å². The molecule has 1 atom stereocenters. The molecule has 1 fully saturated rings. The lowest BCUT2D eigenvalue weighted by Gasteiger charge is -2.25. The molecule has 1 aliphatic heterocycles. The Morgan fingerprint density at radius 1 is 1.26 bits per heavy atom. The number of nitrogens with zero attached hydrogens (tertiary/aromatic N) is 2. The maximum absolute atomic E-state index is 13.4. The molecule has 27 heavy (non-hydrogen) atoms. The van der Waals surface area contributed by atoms with Gasteiger partial charge in [0.2, 0.25) is 11.8 Å². The van der Waals surface area contributed by atoms with Gasteiger partial charge in [0.05, 0.1) is 6.54 Å². The fourth-order valence-electron chi connectivity index (χ4n) is 3.22. The molecule has 1 unspecified atom stereocenters. The van der Waals surface area contributed by atoms with E-state index in [-0.39, 0.29) is 24.4 Å². The summed E-state index contributed by atoms with van der Waals surface area (Å²) in [6.07, 6.45) is 4.46. The minimum atomic E-state index is -0.889. The smallest absolute Gasteiger partial charge is 0.234 e. The predicted molar refractivity (Wildman–Crippen MR) is 100 cm³/mol. The summed E-state index contributed by atoms with van der Waals surface area (Å²) in [4.78, 5) is 27.7. The lowest BCUT2D eigenvalue weighted by molar-refractivity contribution is -0.130. The lowest BCUT2D eigenvalue weighted by Crippen LogP contribution is -2.38. The molecule has 1 aliphatic rings. The molecule has 2 rings (SSSR count). The number of carbonyl (C=O) groups excluding carboxylic acids is 2. The van der Waals surface area contributed by atoms with Crippen LogP contribution in [0.4, 0.5) is 8.78 Å². The molecule has 0 radical (unpaired) electrons. The molecule has 7 heteroatoms. The van der Waals surface area contributed by atoms with Crippen LogP contribution in [0.1, 0.15) is 50.6 Å². The van der Waals surface area contributed by atoms with Crippen LogP contribution < -0.4 is 5.32 Å². The molecule has 1 heterocycles. The number of hydrogen-bond donors (Lipinski definition) is 1. The first-order chi connectivity index (χ1) is 12.9. The molecule has 150 valence electrons. The predicted octanol–water partition coefficient (Wildman–Crippen LogP) is 2.87. The van der Waals surface area contributed by atoms with Crippen molar-refractivity contribution in [3.63, 3.8) is 0 Å². The fraction of sp³-hybridized carbons (Fsp3) is 0.600. The Hall–Kier alpha value is -2.02. The van der Waals surface area contributed by atoms with Crippen molar-refractivity contribution in [1.29, 1.82) is 0 Å². The van der Waals surface area contributed by atoms with Crippen LogP contribution in [0.25, 0.3) is 0 Å². The maximum atomic E-state index is 13.4. The number of rotatable bonds is 8. The zero-order valence-electron chi connectivity index (χ0n) is 16.1. The first-order valence-corrected chi connectivity index (χ1v) is 9.58.